The Balaban J connectivity index is 1.47. The van der Waals surface area contributed by atoms with Gasteiger partial charge >= 0.3 is 0 Å². The molecular formula is C48H38N4. The van der Waals surface area contributed by atoms with Gasteiger partial charge < -0.3 is 9.97 Å². The van der Waals surface area contributed by atoms with Gasteiger partial charge in [0.05, 0.1) is 17.1 Å². The average molecular weight is 671 g/mol. The van der Waals surface area contributed by atoms with Crippen molar-refractivity contribution in [1.29, 1.82) is 0 Å². The molecule has 0 spiro atoms. The third kappa shape index (κ3) is 5.69. The monoisotopic (exact) mass is 670 g/mol. The molecule has 4 nitrogen and oxygen atoms in total. The van der Waals surface area contributed by atoms with E-state index in [1.54, 1.807) is 0 Å². The number of rotatable bonds is 4. The zero-order chi connectivity index (χ0) is 35.3. The Bertz CT molecular complexity index is 2580. The van der Waals surface area contributed by atoms with Crippen molar-refractivity contribution in [3.63, 3.8) is 0 Å². The fraction of sp³-hybridized carbons (Fsp3) is 0.0833. The summed E-state index contributed by atoms with van der Waals surface area (Å²) in [7, 11) is 0. The molecule has 4 heteroatoms. The number of nitrogens with one attached hydrogen (secondary N) is 2. The Morgan fingerprint density at radius 1 is 0.385 bits per heavy atom. The van der Waals surface area contributed by atoms with Crippen LogP contribution in [-0.2, 0) is 0 Å². The third-order valence-corrected chi connectivity index (χ3v) is 10.1. The molecule has 0 radical (unpaired) electrons. The van der Waals surface area contributed by atoms with Crippen LogP contribution >= 0.6 is 0 Å². The maximum Gasteiger partial charge on any atom is 0.0738 e. The van der Waals surface area contributed by atoms with Crippen molar-refractivity contribution in [2.45, 2.75) is 27.7 Å². The number of benzene rings is 4. The van der Waals surface area contributed by atoms with Gasteiger partial charge in [-0.1, -0.05) is 119 Å². The minimum absolute atomic E-state index is 0.887. The molecule has 7 aromatic rings. The molecule has 4 aromatic carbocycles. The predicted octanol–water partition coefficient (Wildman–Crippen LogP) is 12.7. The molecule has 0 saturated carbocycles. The second-order valence-corrected chi connectivity index (χ2v) is 14.0. The van der Waals surface area contributed by atoms with Crippen LogP contribution in [0, 0.1) is 27.7 Å². The van der Waals surface area contributed by atoms with E-state index < -0.39 is 0 Å². The highest BCUT2D eigenvalue weighted by molar-refractivity contribution is 6.04. The van der Waals surface area contributed by atoms with Gasteiger partial charge in [0.2, 0.25) is 0 Å². The van der Waals surface area contributed by atoms with Crippen molar-refractivity contribution in [2.24, 2.45) is 4.99 Å². The Morgan fingerprint density at radius 3 is 1.23 bits per heavy atom. The molecule has 0 aliphatic carbocycles. The van der Waals surface area contributed by atoms with Gasteiger partial charge in [-0.15, -0.1) is 0 Å². The number of nitrogens with zero attached hydrogens (tertiary/aromatic N) is 2. The number of hydrogen-bond donors (Lipinski definition) is 2. The molecule has 3 aromatic heterocycles. The molecule has 2 aliphatic heterocycles. The van der Waals surface area contributed by atoms with Gasteiger partial charge in [-0.25, -0.2) is 4.98 Å². The average Bonchev–Trinajstić information content (AvgIpc) is 3.99. The molecule has 8 bridgehead atoms. The molecule has 250 valence electrons. The van der Waals surface area contributed by atoms with E-state index >= 15 is 0 Å². The summed E-state index contributed by atoms with van der Waals surface area (Å²) in [6, 6.07) is 45.9. The Hall–Kier alpha value is -6.52. The second kappa shape index (κ2) is 12.7. The Kier molecular flexibility index (Phi) is 7.66. The van der Waals surface area contributed by atoms with Crippen molar-refractivity contribution in [3.8, 4) is 44.5 Å². The largest absolute Gasteiger partial charge is 0.354 e. The summed E-state index contributed by atoms with van der Waals surface area (Å²) in [5.74, 6) is 0. The summed E-state index contributed by atoms with van der Waals surface area (Å²) in [5.41, 5.74) is 21.4. The highest BCUT2D eigenvalue weighted by atomic mass is 14.8. The van der Waals surface area contributed by atoms with Crippen LogP contribution in [0.3, 0.4) is 0 Å². The Morgan fingerprint density at radius 2 is 0.750 bits per heavy atom. The number of fused-ring (bicyclic) bond motifs is 8. The summed E-state index contributed by atoms with van der Waals surface area (Å²) in [6.45, 7) is 8.50. The number of hydrogen-bond acceptors (Lipinski definition) is 2. The second-order valence-electron chi connectivity index (χ2n) is 14.0. The lowest BCUT2D eigenvalue weighted by atomic mass is 9.99. The maximum absolute atomic E-state index is 5.40. The van der Waals surface area contributed by atoms with Crippen LogP contribution in [-0.4, -0.2) is 21.2 Å². The molecule has 2 aliphatic rings. The van der Waals surface area contributed by atoms with Crippen LogP contribution in [0.1, 0.15) is 39.2 Å². The lowest BCUT2D eigenvalue weighted by Gasteiger charge is -2.07. The van der Waals surface area contributed by atoms with Gasteiger partial charge in [-0.2, -0.15) is 0 Å². The van der Waals surface area contributed by atoms with Crippen molar-refractivity contribution in [3.05, 3.63) is 167 Å². The molecule has 5 heterocycles. The van der Waals surface area contributed by atoms with Gasteiger partial charge in [-0.05, 0) is 92.4 Å². The standard InChI is InChI=1S/C48H38N4/c1-29-5-13-33(14-6-29)45-37-27-44(49-28-37)48(36-19-11-32(4)12-20-36)43-26-25-42(52-43)47(35-17-9-31(3)10-18-35)41-24-23-40(51-41)46(39-22-21-38(45)50-39)34-15-7-30(2)8-16-34/h5-28,50-51H,1-4H3. The smallest absolute Gasteiger partial charge is 0.0738 e. The van der Waals surface area contributed by atoms with Crippen LogP contribution in [0.4, 0.5) is 5.69 Å². The first-order chi connectivity index (χ1) is 25.4. The molecule has 52 heavy (non-hydrogen) atoms. The van der Waals surface area contributed by atoms with Crippen LogP contribution in [0.2, 0.25) is 0 Å². The first kappa shape index (κ1) is 31.5. The van der Waals surface area contributed by atoms with Gasteiger partial charge in [-0.3, -0.25) is 4.99 Å². The van der Waals surface area contributed by atoms with Gasteiger partial charge in [0.1, 0.15) is 0 Å². The predicted molar refractivity (Wildman–Crippen MR) is 220 cm³/mol. The SMILES string of the molecule is Cc1ccc(-c2c3cc(c(-c4ccc(C)cc4)c4ccc([nH]4)c(-c4ccc(C)cc4)c4ccc([nH]4)c(-c4ccc(C)cc4)c4nc2C=C4)C=N3)cc1. The van der Waals surface area contributed by atoms with Crippen LogP contribution in [0.15, 0.2) is 132 Å². The van der Waals surface area contributed by atoms with E-state index in [2.05, 4.69) is 177 Å². The zero-order valence-electron chi connectivity index (χ0n) is 29.8. The van der Waals surface area contributed by atoms with E-state index in [1.807, 2.05) is 6.21 Å². The number of aromatic nitrogens is 3. The first-order valence-electron chi connectivity index (χ1n) is 17.8. The maximum atomic E-state index is 5.40. The number of aryl methyl sites for hydroxylation is 4. The van der Waals surface area contributed by atoms with Gasteiger partial charge in [0, 0.05) is 56.1 Å². The summed E-state index contributed by atoms with van der Waals surface area (Å²) in [6.07, 6.45) is 6.29. The van der Waals surface area contributed by atoms with E-state index in [0.29, 0.717) is 0 Å². The topological polar surface area (TPSA) is 56.8 Å². The molecular weight excluding hydrogens is 633 g/mol. The fourth-order valence-corrected chi connectivity index (χ4v) is 7.33. The highest BCUT2D eigenvalue weighted by Gasteiger charge is 2.19. The van der Waals surface area contributed by atoms with E-state index in [0.717, 1.165) is 89.2 Å². The van der Waals surface area contributed by atoms with Crippen molar-refractivity contribution >= 4 is 46.1 Å². The molecule has 0 saturated heterocycles. The lowest BCUT2D eigenvalue weighted by Crippen LogP contribution is -1.88. The number of aromatic amines is 2. The van der Waals surface area contributed by atoms with Crippen molar-refractivity contribution in [1.82, 2.24) is 15.0 Å². The van der Waals surface area contributed by atoms with Crippen LogP contribution in [0.5, 0.6) is 0 Å². The van der Waals surface area contributed by atoms with Gasteiger partial charge in [0.25, 0.3) is 0 Å². The third-order valence-electron chi connectivity index (χ3n) is 10.1. The molecule has 0 atom stereocenters. The summed E-state index contributed by atoms with van der Waals surface area (Å²) < 4.78 is 0. The highest BCUT2D eigenvalue weighted by Crippen LogP contribution is 2.41. The summed E-state index contributed by atoms with van der Waals surface area (Å²) in [4.78, 5) is 18.2. The molecule has 9 rings (SSSR count). The minimum atomic E-state index is 0.887. The number of H-pyrrole nitrogens is 2. The first-order valence-corrected chi connectivity index (χ1v) is 17.8. The van der Waals surface area contributed by atoms with Crippen LogP contribution < -0.4 is 0 Å². The molecule has 0 amide bonds. The van der Waals surface area contributed by atoms with Crippen LogP contribution in [0.25, 0.3) is 78.7 Å². The molecule has 0 unspecified atom stereocenters. The van der Waals surface area contributed by atoms with E-state index in [1.165, 1.54) is 22.3 Å². The summed E-state index contributed by atoms with van der Waals surface area (Å²) >= 11 is 0. The minimum Gasteiger partial charge on any atom is -0.354 e. The van der Waals surface area contributed by atoms with E-state index in [9.17, 15) is 0 Å². The fourth-order valence-electron chi connectivity index (χ4n) is 7.33. The quantitative estimate of drug-likeness (QED) is 0.192. The Labute approximate surface area is 303 Å². The van der Waals surface area contributed by atoms with Crippen molar-refractivity contribution in [2.75, 3.05) is 0 Å². The normalized spacial score (nSPS) is 12.1. The zero-order valence-corrected chi connectivity index (χ0v) is 29.8. The van der Waals surface area contributed by atoms with Gasteiger partial charge in [0.15, 0.2) is 0 Å². The molecule has 0 fully saturated rings. The van der Waals surface area contributed by atoms with Crippen molar-refractivity contribution < 1.29 is 0 Å². The van der Waals surface area contributed by atoms with E-state index in [4.69, 9.17) is 9.98 Å². The van der Waals surface area contributed by atoms with E-state index in [-0.39, 0.29) is 0 Å². The number of aliphatic imine (C=N–C) groups is 1. The molecule has 2 N–H and O–H groups in total. The summed E-state index contributed by atoms with van der Waals surface area (Å²) in [5, 5.41) is 0. The lowest BCUT2D eigenvalue weighted by molar-refractivity contribution is 1.31.